The first-order chi connectivity index (χ1) is 26.9. The molecule has 2 aromatic rings. The molecule has 10 unspecified atom stereocenters. The molecular formula is C42H57N5O10. The number of phenolic OH excluding ortho intramolecular Hbond substituents is 2. The van der Waals surface area contributed by atoms with Crippen LogP contribution in [0.3, 0.4) is 0 Å². The predicted molar refractivity (Wildman–Crippen MR) is 212 cm³/mol. The third kappa shape index (κ3) is 7.51. The number of hydrogen-bond donors (Lipinski definition) is 7. The maximum atomic E-state index is 13.8. The summed E-state index contributed by atoms with van der Waals surface area (Å²) in [5.41, 5.74) is 7.16. The Balaban J connectivity index is 1.55. The highest BCUT2D eigenvalue weighted by atomic mass is 16.7. The topological polar surface area (TPSA) is 227 Å². The van der Waals surface area contributed by atoms with Crippen LogP contribution in [-0.2, 0) is 23.8 Å². The number of amides is 1. The lowest BCUT2D eigenvalue weighted by Crippen LogP contribution is -2.46. The van der Waals surface area contributed by atoms with Crippen molar-refractivity contribution in [1.29, 1.82) is 0 Å². The lowest BCUT2D eigenvalue weighted by Gasteiger charge is -2.38. The van der Waals surface area contributed by atoms with E-state index in [9.17, 15) is 30.0 Å². The van der Waals surface area contributed by atoms with Crippen molar-refractivity contribution in [3.05, 3.63) is 58.0 Å². The number of aliphatic hydroxyl groups excluding tert-OH is 2. The molecular weight excluding hydrogens is 734 g/mol. The number of methoxy groups -OCH3 is 1. The van der Waals surface area contributed by atoms with E-state index in [1.54, 1.807) is 65.8 Å². The number of ether oxygens (including phenoxy) is 4. The van der Waals surface area contributed by atoms with Gasteiger partial charge in [0.1, 0.15) is 34.7 Å². The number of fused-ring (bicyclic) bond motifs is 1. The van der Waals surface area contributed by atoms with Crippen LogP contribution in [0.25, 0.3) is 10.8 Å². The van der Waals surface area contributed by atoms with Crippen LogP contribution in [0.1, 0.15) is 78.5 Å². The number of aliphatic hydroxyl groups is 2. The van der Waals surface area contributed by atoms with Gasteiger partial charge in [-0.05, 0) is 33.0 Å². The number of esters is 1. The van der Waals surface area contributed by atoms with E-state index < -0.39 is 83.2 Å². The van der Waals surface area contributed by atoms with Crippen LogP contribution in [0.4, 0.5) is 5.69 Å². The summed E-state index contributed by atoms with van der Waals surface area (Å²) in [7, 11) is 1.50. The summed E-state index contributed by atoms with van der Waals surface area (Å²) in [5.74, 6) is -5.27. The monoisotopic (exact) mass is 791 g/mol. The van der Waals surface area contributed by atoms with Gasteiger partial charge in [-0.2, -0.15) is 0 Å². The molecule has 0 radical (unpaired) electrons. The van der Waals surface area contributed by atoms with Crippen LogP contribution in [0.5, 0.6) is 17.2 Å². The summed E-state index contributed by atoms with van der Waals surface area (Å²) in [6.07, 6.45) is 5.51. The molecule has 0 aromatic heterocycles. The highest BCUT2D eigenvalue weighted by Gasteiger charge is 2.49. The molecule has 1 amide bonds. The number of aromatic hydroxyl groups is 2. The molecule has 1 spiro atoms. The van der Waals surface area contributed by atoms with Crippen LogP contribution in [0.15, 0.2) is 46.1 Å². The molecule has 10 atom stereocenters. The van der Waals surface area contributed by atoms with Gasteiger partial charge in [-0.3, -0.25) is 19.6 Å². The van der Waals surface area contributed by atoms with Crippen molar-refractivity contribution in [1.82, 2.24) is 5.32 Å². The Bertz CT molecular complexity index is 2150. The summed E-state index contributed by atoms with van der Waals surface area (Å²) >= 11 is 0. The molecule has 4 heterocycles. The number of allylic oxidation sites excluding steroid dienone is 2. The molecule has 8 N–H and O–H groups in total. The van der Waals surface area contributed by atoms with Crippen molar-refractivity contribution in [2.24, 2.45) is 39.4 Å². The van der Waals surface area contributed by atoms with Crippen LogP contribution in [0.2, 0.25) is 0 Å². The van der Waals surface area contributed by atoms with Gasteiger partial charge in [-0.1, -0.05) is 45.9 Å². The second-order valence-corrected chi connectivity index (χ2v) is 16.3. The number of carbonyl (C=O) groups is 2. The Morgan fingerprint density at radius 2 is 1.63 bits per heavy atom. The maximum Gasteiger partial charge on any atom is 0.302 e. The maximum absolute atomic E-state index is 13.8. The van der Waals surface area contributed by atoms with E-state index >= 15 is 0 Å². The van der Waals surface area contributed by atoms with Gasteiger partial charge in [-0.15, -0.1) is 0 Å². The van der Waals surface area contributed by atoms with Gasteiger partial charge in [0.15, 0.2) is 11.4 Å². The highest BCUT2D eigenvalue weighted by Crippen LogP contribution is 2.53. The number of nitrogens with two attached hydrogens (primary N) is 1. The normalized spacial score (nSPS) is 33.8. The van der Waals surface area contributed by atoms with Crippen molar-refractivity contribution in [2.75, 3.05) is 25.5 Å². The van der Waals surface area contributed by atoms with E-state index in [4.69, 9.17) is 34.7 Å². The quantitative estimate of drug-likeness (QED) is 0.172. The van der Waals surface area contributed by atoms with Crippen LogP contribution < -0.4 is 31.8 Å². The molecule has 1 fully saturated rings. The van der Waals surface area contributed by atoms with Gasteiger partial charge in [0.2, 0.25) is 0 Å². The molecule has 4 aliphatic rings. The summed E-state index contributed by atoms with van der Waals surface area (Å²) < 4.78 is 24.4. The molecule has 57 heavy (non-hydrogen) atoms. The first kappa shape index (κ1) is 42.1. The minimum absolute atomic E-state index is 0.00410. The zero-order valence-corrected chi connectivity index (χ0v) is 34.1. The Morgan fingerprint density at radius 3 is 2.28 bits per heavy atom. The van der Waals surface area contributed by atoms with E-state index in [1.165, 1.54) is 20.3 Å². The van der Waals surface area contributed by atoms with E-state index in [0.717, 1.165) is 0 Å². The highest BCUT2D eigenvalue weighted by molar-refractivity contribution is 6.08. The summed E-state index contributed by atoms with van der Waals surface area (Å²) in [6.45, 7) is 14.6. The Hall–Kier alpha value is -4.54. The molecule has 0 saturated carbocycles. The SMILES string of the molecule is COC1C=COC2(C)Oc3c(C)c(O)c4c(O)c(c5c(c4c3C2N)=NC2(CCNCC2)N=5)NC(=O)/C(C)=C\C=CC(C)C(O)C(C)C(O)C(C)C(OC(C)=O)C1C. The predicted octanol–water partition coefficient (Wildman–Crippen LogP) is 3.20. The minimum Gasteiger partial charge on any atom is -0.507 e. The molecule has 6 rings (SSSR count). The number of phenols is 2. The van der Waals surface area contributed by atoms with E-state index in [1.807, 2.05) is 6.92 Å². The van der Waals surface area contributed by atoms with E-state index in [-0.39, 0.29) is 33.5 Å². The minimum atomic E-state index is -1.53. The summed E-state index contributed by atoms with van der Waals surface area (Å²) in [5, 5.41) is 53.9. The average molecular weight is 792 g/mol. The number of benzene rings is 2. The fourth-order valence-electron chi connectivity index (χ4n) is 8.62. The fourth-order valence-corrected chi connectivity index (χ4v) is 8.62. The Kier molecular flexibility index (Phi) is 11.8. The van der Waals surface area contributed by atoms with Crippen molar-refractivity contribution < 1.29 is 49.0 Å². The van der Waals surface area contributed by atoms with Crippen LogP contribution in [-0.4, -0.2) is 88.4 Å². The lowest BCUT2D eigenvalue weighted by molar-refractivity contribution is -0.160. The zero-order chi connectivity index (χ0) is 41.7. The Labute approximate surface area is 332 Å². The molecule has 310 valence electrons. The molecule has 15 heteroatoms. The van der Waals surface area contributed by atoms with Gasteiger partial charge < -0.3 is 55.7 Å². The largest absolute Gasteiger partial charge is 0.507 e. The third-order valence-corrected chi connectivity index (χ3v) is 12.3. The molecule has 15 nitrogen and oxygen atoms in total. The number of nitrogens with one attached hydrogen (secondary N) is 2. The van der Waals surface area contributed by atoms with Gasteiger partial charge in [0.25, 0.3) is 11.7 Å². The standard InChI is InChI=1S/C42H57N5O10/c1-19-11-10-12-20(2)40(53)45-32-31-30(46-42(47-31)14-16-44-17-15-42)27-28(36(32)52)35(51)24(6)38-29(27)39(43)41(8,57-38)55-18-13-26(54-9)21(3)37(56-25(7)48)23(5)34(50)22(4)33(19)49/h10-13,18-19,21-23,26,33-34,37,39,44,49-52H,14-17,43H2,1-9H3,(H,45,53)/b11-10?,18-13?,20-12-. The van der Waals surface area contributed by atoms with Gasteiger partial charge >= 0.3 is 5.97 Å². The molecule has 1 saturated heterocycles. The Morgan fingerprint density at radius 1 is 0.965 bits per heavy atom. The van der Waals surface area contributed by atoms with Crippen molar-refractivity contribution >= 4 is 28.3 Å². The molecule has 4 aliphatic heterocycles. The van der Waals surface area contributed by atoms with E-state index in [2.05, 4.69) is 10.6 Å². The molecule has 2 aromatic carbocycles. The van der Waals surface area contributed by atoms with Crippen molar-refractivity contribution in [3.8, 4) is 17.2 Å². The fraction of sp³-hybridized carbons (Fsp3) is 0.571. The third-order valence-electron chi connectivity index (χ3n) is 12.3. The average Bonchev–Trinajstić information content (AvgIpc) is 3.67. The van der Waals surface area contributed by atoms with Crippen molar-refractivity contribution in [3.63, 3.8) is 0 Å². The van der Waals surface area contributed by atoms with Crippen LogP contribution >= 0.6 is 0 Å². The van der Waals surface area contributed by atoms with Gasteiger partial charge in [0, 0.05) is 79.6 Å². The lowest BCUT2D eigenvalue weighted by atomic mass is 9.78. The molecule has 0 aliphatic carbocycles. The van der Waals surface area contributed by atoms with Gasteiger partial charge in [-0.25, -0.2) is 0 Å². The second kappa shape index (κ2) is 16.0. The first-order valence-corrected chi connectivity index (χ1v) is 19.6. The number of anilines is 1. The molecule has 4 bridgehead atoms. The number of rotatable bonds is 2. The smallest absolute Gasteiger partial charge is 0.302 e. The second-order valence-electron chi connectivity index (χ2n) is 16.3. The van der Waals surface area contributed by atoms with Gasteiger partial charge in [0.05, 0.1) is 35.3 Å². The summed E-state index contributed by atoms with van der Waals surface area (Å²) in [6, 6.07) is -0.983. The number of piperidine rings is 1. The van der Waals surface area contributed by atoms with Crippen LogP contribution in [0, 0.1) is 30.6 Å². The van der Waals surface area contributed by atoms with Crippen molar-refractivity contribution in [2.45, 2.75) is 110 Å². The summed E-state index contributed by atoms with van der Waals surface area (Å²) in [4.78, 5) is 36.4. The number of carbonyl (C=O) groups excluding carboxylic acids is 2. The first-order valence-electron chi connectivity index (χ1n) is 19.6. The van der Waals surface area contributed by atoms with E-state index in [0.29, 0.717) is 47.8 Å². The number of nitrogens with zero attached hydrogens (tertiary/aromatic N) is 2. The number of hydrogen-bond acceptors (Lipinski definition) is 14. The zero-order valence-electron chi connectivity index (χ0n) is 34.1.